The summed E-state index contributed by atoms with van der Waals surface area (Å²) in [7, 11) is 0. The number of hydrogen-bond donors (Lipinski definition) is 2. The molecule has 0 fully saturated rings. The number of benzene rings is 1. The number of alkyl halides is 3. The highest BCUT2D eigenvalue weighted by Crippen LogP contribution is 2.30. The Bertz CT molecular complexity index is 477. The van der Waals surface area contributed by atoms with E-state index in [2.05, 4.69) is 5.32 Å². The minimum absolute atomic E-state index is 0.228. The number of nitrogens with one attached hydrogen (secondary N) is 1. The topological polar surface area (TPSA) is 55.1 Å². The zero-order valence-corrected chi connectivity index (χ0v) is 12.0. The third-order valence-electron chi connectivity index (χ3n) is 2.24. The molecule has 1 unspecified atom stereocenters. The molecule has 3 N–H and O–H groups in total. The molecule has 0 saturated heterocycles. The molecular weight excluding hydrogens is 383 g/mol. The van der Waals surface area contributed by atoms with Crippen molar-refractivity contribution in [2.24, 2.45) is 5.73 Å². The molecular formula is C10H9ClF3IN2O. The third-order valence-corrected chi connectivity index (χ3v) is 3.37. The summed E-state index contributed by atoms with van der Waals surface area (Å²) < 4.78 is 38.1. The number of nitrogens with two attached hydrogens (primary N) is 1. The van der Waals surface area contributed by atoms with Gasteiger partial charge in [0.15, 0.2) is 5.54 Å². The van der Waals surface area contributed by atoms with Crippen molar-refractivity contribution in [1.82, 2.24) is 0 Å². The lowest BCUT2D eigenvalue weighted by atomic mass is 10.0. The van der Waals surface area contributed by atoms with Crippen molar-refractivity contribution in [3.63, 3.8) is 0 Å². The van der Waals surface area contributed by atoms with Gasteiger partial charge in [0.05, 0.1) is 5.69 Å². The fraction of sp³-hybridized carbons (Fsp3) is 0.300. The maximum absolute atomic E-state index is 12.5. The molecule has 0 aromatic heterocycles. The molecule has 0 saturated carbocycles. The maximum atomic E-state index is 12.5. The van der Waals surface area contributed by atoms with Crippen LogP contribution in [0, 0.1) is 3.57 Å². The second kappa shape index (κ2) is 5.22. The Kier molecular flexibility index (Phi) is 4.50. The van der Waals surface area contributed by atoms with Gasteiger partial charge in [-0.2, -0.15) is 13.2 Å². The smallest absolute Gasteiger partial charge is 0.323 e. The van der Waals surface area contributed by atoms with E-state index in [9.17, 15) is 18.0 Å². The van der Waals surface area contributed by atoms with Gasteiger partial charge in [0.1, 0.15) is 0 Å². The summed E-state index contributed by atoms with van der Waals surface area (Å²) in [4.78, 5) is 11.5. The van der Waals surface area contributed by atoms with E-state index in [0.717, 1.165) is 0 Å². The molecule has 1 aromatic carbocycles. The van der Waals surface area contributed by atoms with Gasteiger partial charge in [-0.25, -0.2) is 0 Å². The Hall–Kier alpha value is -0.540. The minimum Gasteiger partial charge on any atom is -0.323 e. The number of rotatable bonds is 2. The van der Waals surface area contributed by atoms with E-state index in [1.165, 1.54) is 18.2 Å². The average molecular weight is 393 g/mol. The summed E-state index contributed by atoms with van der Waals surface area (Å²) in [6, 6.07) is 4.38. The van der Waals surface area contributed by atoms with Crippen LogP contribution in [0.25, 0.3) is 0 Å². The fourth-order valence-electron chi connectivity index (χ4n) is 0.972. The van der Waals surface area contributed by atoms with Crippen molar-refractivity contribution in [3.8, 4) is 0 Å². The second-order valence-corrected chi connectivity index (χ2v) is 5.38. The molecule has 0 aliphatic rings. The van der Waals surface area contributed by atoms with E-state index in [1.54, 1.807) is 0 Å². The van der Waals surface area contributed by atoms with Gasteiger partial charge in [-0.05, 0) is 47.7 Å². The summed E-state index contributed by atoms with van der Waals surface area (Å²) in [5.74, 6) is -1.32. The van der Waals surface area contributed by atoms with Crippen molar-refractivity contribution in [2.75, 3.05) is 5.32 Å². The fourth-order valence-corrected chi connectivity index (χ4v) is 1.98. The van der Waals surface area contributed by atoms with Gasteiger partial charge in [0, 0.05) is 8.59 Å². The van der Waals surface area contributed by atoms with Crippen LogP contribution < -0.4 is 11.1 Å². The summed E-state index contributed by atoms with van der Waals surface area (Å²) in [6.45, 7) is 0.616. The normalized spacial score (nSPS) is 15.1. The molecule has 8 heteroatoms. The number of carbonyl (C=O) groups excluding carboxylic acids is 1. The predicted molar refractivity (Wildman–Crippen MR) is 71.4 cm³/mol. The quantitative estimate of drug-likeness (QED) is 0.760. The lowest BCUT2D eigenvalue weighted by Gasteiger charge is -2.26. The summed E-state index contributed by atoms with van der Waals surface area (Å²) in [6.07, 6.45) is -4.82. The van der Waals surface area contributed by atoms with E-state index >= 15 is 0 Å². The molecule has 3 nitrogen and oxygen atoms in total. The Balaban J connectivity index is 2.95. The second-order valence-electron chi connectivity index (χ2n) is 3.78. The zero-order chi connectivity index (χ0) is 14.1. The third kappa shape index (κ3) is 3.27. The van der Waals surface area contributed by atoms with Gasteiger partial charge in [0.2, 0.25) is 0 Å². The van der Waals surface area contributed by atoms with Gasteiger partial charge in [-0.1, -0.05) is 11.6 Å². The van der Waals surface area contributed by atoms with Crippen LogP contribution >= 0.6 is 34.2 Å². The highest BCUT2D eigenvalue weighted by molar-refractivity contribution is 14.1. The van der Waals surface area contributed by atoms with Gasteiger partial charge < -0.3 is 11.1 Å². The average Bonchev–Trinajstić information content (AvgIpc) is 2.20. The van der Waals surface area contributed by atoms with Gasteiger partial charge >= 0.3 is 6.18 Å². The van der Waals surface area contributed by atoms with E-state index in [1.807, 2.05) is 22.6 Å². The van der Waals surface area contributed by atoms with Gasteiger partial charge in [0.25, 0.3) is 5.91 Å². The van der Waals surface area contributed by atoms with Crippen LogP contribution in [0.1, 0.15) is 6.92 Å². The van der Waals surface area contributed by atoms with E-state index in [4.69, 9.17) is 17.3 Å². The zero-order valence-electron chi connectivity index (χ0n) is 9.11. The number of halogens is 5. The predicted octanol–water partition coefficient (Wildman–Crippen LogP) is 3.16. The Morgan fingerprint density at radius 1 is 1.44 bits per heavy atom. The number of hydrogen-bond acceptors (Lipinski definition) is 2. The SMILES string of the molecule is CC(N)(C(=O)Nc1ccc(Cl)cc1I)C(F)(F)F. The van der Waals surface area contributed by atoms with Crippen molar-refractivity contribution in [1.29, 1.82) is 0 Å². The lowest BCUT2D eigenvalue weighted by Crippen LogP contribution is -2.59. The lowest BCUT2D eigenvalue weighted by molar-refractivity contribution is -0.184. The van der Waals surface area contributed by atoms with E-state index < -0.39 is 17.6 Å². The van der Waals surface area contributed by atoms with E-state index in [-0.39, 0.29) is 5.69 Å². The first-order chi connectivity index (χ1) is 8.05. The molecule has 0 bridgehead atoms. The van der Waals surface area contributed by atoms with Crippen molar-refractivity contribution in [2.45, 2.75) is 18.6 Å². The largest absolute Gasteiger partial charge is 0.415 e. The van der Waals surface area contributed by atoms with Crippen LogP contribution in [0.4, 0.5) is 18.9 Å². The van der Waals surface area contributed by atoms with Crippen LogP contribution in [-0.2, 0) is 4.79 Å². The molecule has 1 amide bonds. The Morgan fingerprint density at radius 3 is 2.44 bits per heavy atom. The molecule has 1 atom stereocenters. The summed E-state index contributed by atoms with van der Waals surface area (Å²) >= 11 is 7.54. The first-order valence-corrected chi connectivity index (χ1v) is 6.13. The molecule has 1 aromatic rings. The standard InChI is InChI=1S/C10H9ClF3IN2O/c1-9(16,10(12,13)14)8(18)17-7-3-2-5(11)4-6(7)15/h2-4H,16H2,1H3,(H,17,18). The molecule has 18 heavy (non-hydrogen) atoms. The first-order valence-electron chi connectivity index (χ1n) is 4.68. The molecule has 1 rings (SSSR count). The maximum Gasteiger partial charge on any atom is 0.415 e. The van der Waals surface area contributed by atoms with Crippen LogP contribution in [0.15, 0.2) is 18.2 Å². The van der Waals surface area contributed by atoms with Gasteiger partial charge in [-0.3, -0.25) is 4.79 Å². The highest BCUT2D eigenvalue weighted by atomic mass is 127. The monoisotopic (exact) mass is 392 g/mol. The highest BCUT2D eigenvalue weighted by Gasteiger charge is 2.54. The van der Waals surface area contributed by atoms with Gasteiger partial charge in [-0.15, -0.1) is 0 Å². The van der Waals surface area contributed by atoms with Crippen LogP contribution in [-0.4, -0.2) is 17.6 Å². The van der Waals surface area contributed by atoms with Crippen LogP contribution in [0.5, 0.6) is 0 Å². The van der Waals surface area contributed by atoms with Crippen LogP contribution in [0.2, 0.25) is 5.02 Å². The summed E-state index contributed by atoms with van der Waals surface area (Å²) in [5.41, 5.74) is 2.28. The number of carbonyl (C=O) groups is 1. The van der Waals surface area contributed by atoms with Crippen LogP contribution in [0.3, 0.4) is 0 Å². The molecule has 0 radical (unpaired) electrons. The summed E-state index contributed by atoms with van der Waals surface area (Å²) in [5, 5.41) is 2.55. The van der Waals surface area contributed by atoms with Crippen molar-refractivity contribution < 1.29 is 18.0 Å². The molecule has 0 heterocycles. The molecule has 0 aliphatic heterocycles. The number of amides is 1. The molecule has 0 aliphatic carbocycles. The van der Waals surface area contributed by atoms with Crippen molar-refractivity contribution >= 4 is 45.8 Å². The molecule has 100 valence electrons. The number of anilines is 1. The molecule has 0 spiro atoms. The first kappa shape index (κ1) is 15.5. The Labute approximate surface area is 120 Å². The van der Waals surface area contributed by atoms with E-state index in [0.29, 0.717) is 15.5 Å². The van der Waals surface area contributed by atoms with Crippen molar-refractivity contribution in [3.05, 3.63) is 26.8 Å². The minimum atomic E-state index is -4.82. The Morgan fingerprint density at radius 2 is 2.00 bits per heavy atom.